The fraction of sp³-hybridized carbons (Fsp3) is 0.167. The summed E-state index contributed by atoms with van der Waals surface area (Å²) >= 11 is 1.26. The van der Waals surface area contributed by atoms with E-state index in [2.05, 4.69) is 4.98 Å². The van der Waals surface area contributed by atoms with Gasteiger partial charge >= 0.3 is 0 Å². The van der Waals surface area contributed by atoms with Crippen LogP contribution in [0.25, 0.3) is 10.6 Å². The standard InChI is InChI=1S/C30H26N2O4S/c1-4-36-22-15-10-14-21(17-22)32-25(23-16-9-8-11-18(23)2)24(27(34)30(32)35)26(33)28-19(3)31-29(37-28)20-12-6-5-7-13-20/h5-17,25,34H,4H2,1-3H3. The maximum atomic E-state index is 14.1. The van der Waals surface area contributed by atoms with Crippen molar-refractivity contribution >= 4 is 28.7 Å². The summed E-state index contributed by atoms with van der Waals surface area (Å²) in [7, 11) is 0. The highest BCUT2D eigenvalue weighted by molar-refractivity contribution is 7.17. The van der Waals surface area contributed by atoms with Gasteiger partial charge in [-0.3, -0.25) is 14.5 Å². The monoisotopic (exact) mass is 510 g/mol. The Hall–Kier alpha value is -4.23. The summed E-state index contributed by atoms with van der Waals surface area (Å²) in [5.41, 5.74) is 3.70. The predicted molar refractivity (Wildman–Crippen MR) is 145 cm³/mol. The second-order valence-electron chi connectivity index (χ2n) is 8.76. The van der Waals surface area contributed by atoms with Crippen molar-refractivity contribution in [2.45, 2.75) is 26.8 Å². The molecule has 0 radical (unpaired) electrons. The number of aryl methyl sites for hydroxylation is 2. The Morgan fingerprint density at radius 2 is 1.76 bits per heavy atom. The number of aromatic nitrogens is 1. The molecule has 186 valence electrons. The lowest BCUT2D eigenvalue weighted by atomic mass is 9.92. The molecule has 1 amide bonds. The molecule has 5 rings (SSSR count). The van der Waals surface area contributed by atoms with Gasteiger partial charge in [0.15, 0.2) is 5.76 Å². The van der Waals surface area contributed by atoms with Crippen molar-refractivity contribution in [1.82, 2.24) is 4.98 Å². The summed E-state index contributed by atoms with van der Waals surface area (Å²) in [5.74, 6) is -0.981. The number of thiazole rings is 1. The third kappa shape index (κ3) is 4.42. The van der Waals surface area contributed by atoms with Gasteiger partial charge in [-0.25, -0.2) is 4.98 Å². The number of nitrogens with zero attached hydrogens (tertiary/aromatic N) is 2. The summed E-state index contributed by atoms with van der Waals surface area (Å²) < 4.78 is 5.65. The second kappa shape index (κ2) is 10.0. The van der Waals surface area contributed by atoms with Crippen LogP contribution in [0.4, 0.5) is 5.69 Å². The van der Waals surface area contributed by atoms with Gasteiger partial charge in [0.1, 0.15) is 10.8 Å². The number of amides is 1. The van der Waals surface area contributed by atoms with Crippen LogP contribution in [-0.2, 0) is 4.79 Å². The van der Waals surface area contributed by atoms with Crippen molar-refractivity contribution < 1.29 is 19.4 Å². The molecule has 1 N–H and O–H groups in total. The van der Waals surface area contributed by atoms with Crippen molar-refractivity contribution in [2.24, 2.45) is 0 Å². The summed E-state index contributed by atoms with van der Waals surface area (Å²) in [5, 5.41) is 11.9. The molecule has 0 fully saturated rings. The van der Waals surface area contributed by atoms with Crippen LogP contribution >= 0.6 is 11.3 Å². The second-order valence-corrected chi connectivity index (χ2v) is 9.75. The number of hydrogen-bond donors (Lipinski definition) is 1. The molecule has 0 saturated carbocycles. The van der Waals surface area contributed by atoms with Gasteiger partial charge in [0.25, 0.3) is 5.91 Å². The van der Waals surface area contributed by atoms with Crippen LogP contribution < -0.4 is 9.64 Å². The Balaban J connectivity index is 1.64. The van der Waals surface area contributed by atoms with E-state index in [-0.39, 0.29) is 5.57 Å². The van der Waals surface area contributed by atoms with E-state index in [4.69, 9.17) is 4.74 Å². The van der Waals surface area contributed by atoms with Gasteiger partial charge < -0.3 is 9.84 Å². The minimum Gasteiger partial charge on any atom is -0.503 e. The molecule has 0 saturated heterocycles. The first-order valence-electron chi connectivity index (χ1n) is 12.0. The van der Waals surface area contributed by atoms with Gasteiger partial charge in [-0.05, 0) is 44.0 Å². The Labute approximate surface area is 219 Å². The average molecular weight is 511 g/mol. The smallest absolute Gasteiger partial charge is 0.294 e. The van der Waals surface area contributed by atoms with E-state index in [0.717, 1.165) is 16.7 Å². The molecule has 4 aromatic rings. The number of Topliss-reactive ketones (excluding diaryl/α,β-unsaturated/α-hetero) is 1. The third-order valence-corrected chi connectivity index (χ3v) is 7.57. The Morgan fingerprint density at radius 3 is 2.49 bits per heavy atom. The van der Waals surface area contributed by atoms with Crippen LogP contribution in [0.2, 0.25) is 0 Å². The summed E-state index contributed by atoms with van der Waals surface area (Å²) in [4.78, 5) is 34.1. The van der Waals surface area contributed by atoms with Crippen LogP contribution in [0, 0.1) is 13.8 Å². The number of hydrogen-bond acceptors (Lipinski definition) is 6. The first-order chi connectivity index (χ1) is 17.9. The Bertz CT molecular complexity index is 1520. The normalized spacial score (nSPS) is 15.4. The topological polar surface area (TPSA) is 79.7 Å². The minimum atomic E-state index is -0.806. The number of ether oxygens (including phenoxy) is 1. The van der Waals surface area contributed by atoms with Crippen LogP contribution in [0.5, 0.6) is 5.75 Å². The van der Waals surface area contributed by atoms with Crippen molar-refractivity contribution in [2.75, 3.05) is 11.5 Å². The molecule has 0 aliphatic carbocycles. The summed E-state index contributed by atoms with van der Waals surface area (Å²) in [6, 6.07) is 23.5. The number of anilines is 1. The highest BCUT2D eigenvalue weighted by Gasteiger charge is 2.45. The minimum absolute atomic E-state index is 0.0486. The molecule has 6 nitrogen and oxygen atoms in total. The highest BCUT2D eigenvalue weighted by atomic mass is 32.1. The van der Waals surface area contributed by atoms with Crippen molar-refractivity contribution in [1.29, 1.82) is 0 Å². The maximum absolute atomic E-state index is 14.1. The fourth-order valence-electron chi connectivity index (χ4n) is 4.61. The first kappa shape index (κ1) is 24.5. The van der Waals surface area contributed by atoms with Gasteiger partial charge in [0.05, 0.1) is 28.8 Å². The lowest BCUT2D eigenvalue weighted by Gasteiger charge is -2.28. The van der Waals surface area contributed by atoms with E-state index >= 15 is 0 Å². The van der Waals surface area contributed by atoms with Crippen LogP contribution in [0.3, 0.4) is 0 Å². The molecule has 1 aliphatic heterocycles. The zero-order valence-corrected chi connectivity index (χ0v) is 21.6. The predicted octanol–water partition coefficient (Wildman–Crippen LogP) is 6.61. The van der Waals surface area contributed by atoms with Crippen LogP contribution in [0.1, 0.15) is 39.5 Å². The quantitative estimate of drug-likeness (QED) is 0.283. The molecule has 2 heterocycles. The molecule has 1 unspecified atom stereocenters. The summed E-state index contributed by atoms with van der Waals surface area (Å²) in [6.07, 6.45) is 0. The van der Waals surface area contributed by atoms with Crippen molar-refractivity contribution in [3.63, 3.8) is 0 Å². The van der Waals surface area contributed by atoms with E-state index < -0.39 is 23.5 Å². The van der Waals surface area contributed by atoms with Crippen molar-refractivity contribution in [3.8, 4) is 16.3 Å². The Kier molecular flexibility index (Phi) is 6.63. The number of benzene rings is 3. The fourth-order valence-corrected chi connectivity index (χ4v) is 5.64. The average Bonchev–Trinajstić information content (AvgIpc) is 3.42. The molecule has 3 aromatic carbocycles. The zero-order chi connectivity index (χ0) is 26.1. The van der Waals surface area contributed by atoms with E-state index in [1.807, 2.05) is 74.5 Å². The number of ketones is 1. The lowest BCUT2D eigenvalue weighted by Crippen LogP contribution is -2.31. The van der Waals surface area contributed by atoms with E-state index in [9.17, 15) is 14.7 Å². The van der Waals surface area contributed by atoms with Crippen LogP contribution in [-0.4, -0.2) is 28.4 Å². The molecule has 37 heavy (non-hydrogen) atoms. The summed E-state index contributed by atoms with van der Waals surface area (Å²) in [6.45, 7) is 6.06. The number of rotatable bonds is 7. The van der Waals surface area contributed by atoms with Gasteiger partial charge in [-0.2, -0.15) is 0 Å². The van der Waals surface area contributed by atoms with Gasteiger partial charge in [-0.1, -0.05) is 60.7 Å². The van der Waals surface area contributed by atoms with Crippen molar-refractivity contribution in [3.05, 3.63) is 112 Å². The number of carbonyl (C=O) groups excluding carboxylic acids is 2. The SMILES string of the molecule is CCOc1cccc(N2C(=O)C(O)=C(C(=O)c3sc(-c4ccccc4)nc3C)C2c2ccccc2C)c1. The molecule has 1 aromatic heterocycles. The van der Waals surface area contributed by atoms with E-state index in [0.29, 0.717) is 33.6 Å². The molecular formula is C30H26N2O4S. The van der Waals surface area contributed by atoms with Gasteiger partial charge in [0, 0.05) is 17.3 Å². The molecular weight excluding hydrogens is 484 g/mol. The molecule has 7 heteroatoms. The molecule has 1 aliphatic rings. The zero-order valence-electron chi connectivity index (χ0n) is 20.8. The lowest BCUT2D eigenvalue weighted by molar-refractivity contribution is -0.117. The first-order valence-corrected chi connectivity index (χ1v) is 12.8. The number of aliphatic hydroxyl groups excluding tert-OH is 1. The van der Waals surface area contributed by atoms with Crippen LogP contribution in [0.15, 0.2) is 90.2 Å². The highest BCUT2D eigenvalue weighted by Crippen LogP contribution is 2.44. The maximum Gasteiger partial charge on any atom is 0.294 e. The Morgan fingerprint density at radius 1 is 1.03 bits per heavy atom. The van der Waals surface area contributed by atoms with Gasteiger partial charge in [-0.15, -0.1) is 11.3 Å². The molecule has 0 bridgehead atoms. The van der Waals surface area contributed by atoms with Gasteiger partial charge in [0.2, 0.25) is 5.78 Å². The number of aliphatic hydroxyl groups is 1. The molecule has 1 atom stereocenters. The van der Waals surface area contributed by atoms with E-state index in [1.54, 1.807) is 25.1 Å². The molecule has 0 spiro atoms. The number of carbonyl (C=O) groups is 2. The largest absolute Gasteiger partial charge is 0.503 e. The third-order valence-electron chi connectivity index (χ3n) is 6.37. The van der Waals surface area contributed by atoms with E-state index in [1.165, 1.54) is 16.2 Å².